The van der Waals surface area contributed by atoms with Gasteiger partial charge < -0.3 is 10.1 Å². The lowest BCUT2D eigenvalue weighted by Gasteiger charge is -2.15. The number of carbonyl (C=O) groups is 1. The Bertz CT molecular complexity index is 775. The summed E-state index contributed by atoms with van der Waals surface area (Å²) in [7, 11) is 0. The maximum Gasteiger partial charge on any atom is 0.387 e. The van der Waals surface area contributed by atoms with Gasteiger partial charge in [-0.2, -0.15) is 8.78 Å². The number of halogens is 2. The summed E-state index contributed by atoms with van der Waals surface area (Å²) in [6, 6.07) is 4.91. The number of aryl methyl sites for hydroxylation is 1. The molecule has 1 aromatic heterocycles. The topological polar surface area (TPSA) is 51.2 Å². The summed E-state index contributed by atoms with van der Waals surface area (Å²) in [5, 5.41) is 3.68. The molecule has 4 nitrogen and oxygen atoms in total. The lowest BCUT2D eigenvalue weighted by molar-refractivity contribution is -0.0502. The highest BCUT2D eigenvalue weighted by Crippen LogP contribution is 2.26. The van der Waals surface area contributed by atoms with Crippen LogP contribution in [0.25, 0.3) is 10.9 Å². The van der Waals surface area contributed by atoms with E-state index < -0.39 is 6.61 Å². The van der Waals surface area contributed by atoms with E-state index in [1.807, 2.05) is 26.0 Å². The highest BCUT2D eigenvalue weighted by Gasteiger charge is 2.14. The predicted octanol–water partition coefficient (Wildman–Crippen LogP) is 4.62. The molecule has 0 saturated heterocycles. The van der Waals surface area contributed by atoms with Crippen LogP contribution >= 0.6 is 0 Å². The van der Waals surface area contributed by atoms with Crippen LogP contribution in [0.15, 0.2) is 36.5 Å². The van der Waals surface area contributed by atoms with Crippen LogP contribution in [0.3, 0.4) is 0 Å². The zero-order valence-electron chi connectivity index (χ0n) is 14.6. The first-order chi connectivity index (χ1) is 11.9. The maximum atomic E-state index is 12.4. The highest BCUT2D eigenvalue weighted by atomic mass is 19.3. The molecule has 134 valence electrons. The molecule has 1 amide bonds. The Morgan fingerprint density at radius 2 is 2.12 bits per heavy atom. The van der Waals surface area contributed by atoms with Crippen molar-refractivity contribution < 1.29 is 18.3 Å². The average Bonchev–Trinajstić information content (AvgIpc) is 2.58. The number of nitrogens with one attached hydrogen (secondary N) is 1. The molecule has 0 aliphatic heterocycles. The largest absolute Gasteiger partial charge is 0.434 e. The van der Waals surface area contributed by atoms with Gasteiger partial charge >= 0.3 is 6.61 Å². The lowest BCUT2D eigenvalue weighted by Crippen LogP contribution is -2.34. The molecule has 0 unspecified atom stereocenters. The van der Waals surface area contributed by atoms with Gasteiger partial charge in [-0.1, -0.05) is 19.1 Å². The minimum atomic E-state index is -2.88. The Morgan fingerprint density at radius 3 is 2.76 bits per heavy atom. The third-order valence-corrected chi connectivity index (χ3v) is 3.94. The minimum absolute atomic E-state index is 0.0583. The van der Waals surface area contributed by atoms with E-state index in [4.69, 9.17) is 0 Å². The summed E-state index contributed by atoms with van der Waals surface area (Å²) in [4.78, 5) is 16.6. The van der Waals surface area contributed by atoms with E-state index in [-0.39, 0.29) is 17.7 Å². The van der Waals surface area contributed by atoms with Gasteiger partial charge in [0.1, 0.15) is 5.75 Å². The van der Waals surface area contributed by atoms with Gasteiger partial charge in [-0.25, -0.2) is 0 Å². The number of ether oxygens (including phenoxy) is 1. The molecule has 0 aliphatic rings. The number of benzene rings is 1. The van der Waals surface area contributed by atoms with E-state index in [0.717, 1.165) is 12.8 Å². The maximum absolute atomic E-state index is 12.4. The molecule has 0 aliphatic carbocycles. The van der Waals surface area contributed by atoms with Crippen LogP contribution in [0, 0.1) is 6.92 Å². The van der Waals surface area contributed by atoms with E-state index in [2.05, 4.69) is 15.0 Å². The Morgan fingerprint density at radius 1 is 1.36 bits per heavy atom. The van der Waals surface area contributed by atoms with Crippen LogP contribution < -0.4 is 10.1 Å². The number of amides is 1. The van der Waals surface area contributed by atoms with Crippen molar-refractivity contribution in [3.63, 3.8) is 0 Å². The first-order valence-corrected chi connectivity index (χ1v) is 8.21. The SMILES string of the molecule is C/C=C\C[C@@H](CC)NC(=O)c1cnc2cc(OC(F)F)c(C)cc2c1. The molecule has 1 N–H and O–H groups in total. The average molecular weight is 348 g/mol. The van der Waals surface area contributed by atoms with Crippen molar-refractivity contribution in [2.45, 2.75) is 46.3 Å². The fourth-order valence-electron chi connectivity index (χ4n) is 2.51. The zero-order chi connectivity index (χ0) is 18.4. The lowest BCUT2D eigenvalue weighted by atomic mass is 10.1. The number of aromatic nitrogens is 1. The number of fused-ring (bicyclic) bond motifs is 1. The van der Waals surface area contributed by atoms with Gasteiger partial charge in [0, 0.05) is 23.7 Å². The molecule has 0 radical (unpaired) electrons. The number of alkyl halides is 2. The van der Waals surface area contributed by atoms with Crippen molar-refractivity contribution in [2.75, 3.05) is 0 Å². The van der Waals surface area contributed by atoms with Gasteiger partial charge in [-0.15, -0.1) is 0 Å². The molecular formula is C19H22F2N2O2. The van der Waals surface area contributed by atoms with E-state index >= 15 is 0 Å². The first kappa shape index (κ1) is 18.8. The second-order valence-corrected chi connectivity index (χ2v) is 5.80. The summed E-state index contributed by atoms with van der Waals surface area (Å²) in [5.74, 6) is -0.110. The normalized spacial score (nSPS) is 12.7. The zero-order valence-corrected chi connectivity index (χ0v) is 14.6. The predicted molar refractivity (Wildman–Crippen MR) is 94.1 cm³/mol. The summed E-state index contributed by atoms with van der Waals surface area (Å²) in [5.41, 5.74) is 1.50. The van der Waals surface area contributed by atoms with Crippen molar-refractivity contribution in [1.29, 1.82) is 0 Å². The summed E-state index contributed by atoms with van der Waals surface area (Å²) < 4.78 is 29.3. The number of hydrogen-bond acceptors (Lipinski definition) is 3. The monoisotopic (exact) mass is 348 g/mol. The number of carbonyl (C=O) groups excluding carboxylic acids is 1. The summed E-state index contributed by atoms with van der Waals surface area (Å²) >= 11 is 0. The van der Waals surface area contributed by atoms with Gasteiger partial charge in [-0.3, -0.25) is 9.78 Å². The second-order valence-electron chi connectivity index (χ2n) is 5.80. The molecule has 25 heavy (non-hydrogen) atoms. The molecular weight excluding hydrogens is 326 g/mol. The van der Waals surface area contributed by atoms with Crippen molar-refractivity contribution in [3.8, 4) is 5.75 Å². The van der Waals surface area contributed by atoms with Crippen LogP contribution in [0.4, 0.5) is 8.78 Å². The van der Waals surface area contributed by atoms with Crippen molar-refractivity contribution >= 4 is 16.8 Å². The highest BCUT2D eigenvalue weighted by molar-refractivity contribution is 5.97. The fraction of sp³-hybridized carbons (Fsp3) is 0.368. The third kappa shape index (κ3) is 4.98. The van der Waals surface area contributed by atoms with Gasteiger partial charge in [-0.05, 0) is 44.4 Å². The third-order valence-electron chi connectivity index (χ3n) is 3.94. The molecule has 2 aromatic rings. The minimum Gasteiger partial charge on any atom is -0.434 e. The Labute approximate surface area is 145 Å². The van der Waals surface area contributed by atoms with Crippen molar-refractivity contribution in [3.05, 3.63) is 47.7 Å². The molecule has 1 aromatic carbocycles. The van der Waals surface area contributed by atoms with Crippen molar-refractivity contribution in [1.82, 2.24) is 10.3 Å². The smallest absolute Gasteiger partial charge is 0.387 e. The van der Waals surface area contributed by atoms with Crippen LogP contribution in [0.2, 0.25) is 0 Å². The van der Waals surface area contributed by atoms with Crippen LogP contribution in [-0.2, 0) is 0 Å². The van der Waals surface area contributed by atoms with Gasteiger partial charge in [0.05, 0.1) is 11.1 Å². The molecule has 1 atom stereocenters. The second kappa shape index (κ2) is 8.55. The van der Waals surface area contributed by atoms with Gasteiger partial charge in [0.15, 0.2) is 0 Å². The number of hydrogen-bond donors (Lipinski definition) is 1. The van der Waals surface area contributed by atoms with E-state index in [9.17, 15) is 13.6 Å². The number of nitrogens with zero attached hydrogens (tertiary/aromatic N) is 1. The molecule has 6 heteroatoms. The number of rotatable bonds is 7. The van der Waals surface area contributed by atoms with Gasteiger partial charge in [0.25, 0.3) is 5.91 Å². The van der Waals surface area contributed by atoms with Crippen LogP contribution in [0.5, 0.6) is 5.75 Å². The van der Waals surface area contributed by atoms with Crippen LogP contribution in [0.1, 0.15) is 42.6 Å². The van der Waals surface area contributed by atoms with Crippen molar-refractivity contribution in [2.24, 2.45) is 0 Å². The van der Waals surface area contributed by atoms with Gasteiger partial charge in [0.2, 0.25) is 0 Å². The van der Waals surface area contributed by atoms with E-state index in [0.29, 0.717) is 22.0 Å². The first-order valence-electron chi connectivity index (χ1n) is 8.21. The number of pyridine rings is 1. The molecule has 0 fully saturated rings. The fourth-order valence-corrected chi connectivity index (χ4v) is 2.51. The summed E-state index contributed by atoms with van der Waals surface area (Å²) in [6.07, 6.45) is 7.01. The molecule has 2 rings (SSSR count). The Hall–Kier alpha value is -2.50. The quantitative estimate of drug-likeness (QED) is 0.743. The number of allylic oxidation sites excluding steroid dienone is 1. The Balaban J connectivity index is 2.23. The van der Waals surface area contributed by atoms with Crippen LogP contribution in [-0.4, -0.2) is 23.5 Å². The standard InChI is InChI=1S/C19H22F2N2O2/c1-4-6-7-15(5-2)23-18(24)14-9-13-8-12(3)17(25-19(20)21)10-16(13)22-11-14/h4,6,8-11,15,19H,5,7H2,1-3H3,(H,23,24)/b6-4-/t15-/m1/s1. The molecule has 0 saturated carbocycles. The van der Waals surface area contributed by atoms with E-state index in [1.54, 1.807) is 19.1 Å². The molecule has 1 heterocycles. The molecule has 0 spiro atoms. The molecule has 0 bridgehead atoms. The summed E-state index contributed by atoms with van der Waals surface area (Å²) in [6.45, 7) is 2.75. The van der Waals surface area contributed by atoms with E-state index in [1.165, 1.54) is 12.3 Å². The Kier molecular flexibility index (Phi) is 6.44.